The number of pyridine rings is 1. The Kier molecular flexibility index (Phi) is 3.71. The van der Waals surface area contributed by atoms with Crippen molar-refractivity contribution in [3.05, 3.63) is 23.9 Å². The molecule has 0 aromatic carbocycles. The van der Waals surface area contributed by atoms with Crippen molar-refractivity contribution in [2.75, 3.05) is 19.4 Å². The van der Waals surface area contributed by atoms with Crippen molar-refractivity contribution in [3.8, 4) is 0 Å². The second-order valence-electron chi connectivity index (χ2n) is 3.01. The lowest BCUT2D eigenvalue weighted by Crippen LogP contribution is -2.27. The van der Waals surface area contributed by atoms with E-state index in [0.717, 1.165) is 5.56 Å². The van der Waals surface area contributed by atoms with Gasteiger partial charge in [-0.05, 0) is 17.7 Å². The number of carbonyl (C=O) groups is 1. The number of hydrogen-bond acceptors (Lipinski definition) is 2. The molecule has 76 valence electrons. The fourth-order valence-electron chi connectivity index (χ4n) is 0.847. The number of amides is 2. The van der Waals surface area contributed by atoms with Gasteiger partial charge in [-0.2, -0.15) is 0 Å². The number of hydrogen-bond donors (Lipinski definition) is 1. The molecule has 0 aliphatic rings. The summed E-state index contributed by atoms with van der Waals surface area (Å²) in [5.74, 6) is 0.926. The molecule has 14 heavy (non-hydrogen) atoms. The minimum atomic E-state index is -0.204. The molecule has 4 nitrogen and oxygen atoms in total. The van der Waals surface area contributed by atoms with Crippen molar-refractivity contribution in [3.63, 3.8) is 0 Å². The average molecular weight is 214 g/mol. The third-order valence-corrected chi connectivity index (χ3v) is 1.93. The number of halogens is 1. The Labute approximate surface area is 87.9 Å². The van der Waals surface area contributed by atoms with Gasteiger partial charge in [0, 0.05) is 26.2 Å². The van der Waals surface area contributed by atoms with Crippen molar-refractivity contribution < 1.29 is 4.79 Å². The van der Waals surface area contributed by atoms with Gasteiger partial charge in [0.05, 0.1) is 0 Å². The predicted octanol–water partition coefficient (Wildman–Crippen LogP) is 1.91. The van der Waals surface area contributed by atoms with Crippen LogP contribution in [0.5, 0.6) is 0 Å². The second-order valence-corrected chi connectivity index (χ2v) is 3.27. The summed E-state index contributed by atoms with van der Waals surface area (Å²) in [5, 5.41) is 2.63. The highest BCUT2D eigenvalue weighted by atomic mass is 35.5. The molecular formula is C9H12ClN3O. The SMILES string of the molecule is CN(C)C(=O)Nc1cc(CCl)ccn1. The van der Waals surface area contributed by atoms with Crippen LogP contribution in [-0.4, -0.2) is 30.0 Å². The lowest BCUT2D eigenvalue weighted by atomic mass is 10.3. The molecule has 0 unspecified atom stereocenters. The Morgan fingerprint density at radius 3 is 2.93 bits per heavy atom. The van der Waals surface area contributed by atoms with Gasteiger partial charge >= 0.3 is 6.03 Å². The third-order valence-electron chi connectivity index (χ3n) is 1.62. The molecule has 0 aliphatic heterocycles. The highest BCUT2D eigenvalue weighted by molar-refractivity contribution is 6.17. The van der Waals surface area contributed by atoms with Crippen LogP contribution in [0.25, 0.3) is 0 Å². The van der Waals surface area contributed by atoms with E-state index in [0.29, 0.717) is 11.7 Å². The van der Waals surface area contributed by atoms with Crippen LogP contribution in [0, 0.1) is 0 Å². The van der Waals surface area contributed by atoms with Crippen LogP contribution >= 0.6 is 11.6 Å². The van der Waals surface area contributed by atoms with Crippen molar-refractivity contribution >= 4 is 23.4 Å². The molecule has 0 saturated heterocycles. The first-order chi connectivity index (χ1) is 6.63. The summed E-state index contributed by atoms with van der Waals surface area (Å²) in [6.07, 6.45) is 1.61. The van der Waals surface area contributed by atoms with Gasteiger partial charge in [-0.25, -0.2) is 9.78 Å². The first-order valence-electron chi connectivity index (χ1n) is 4.12. The van der Waals surface area contributed by atoms with E-state index >= 15 is 0 Å². The monoisotopic (exact) mass is 213 g/mol. The molecule has 0 radical (unpaired) electrons. The Hall–Kier alpha value is -1.29. The summed E-state index contributed by atoms with van der Waals surface area (Å²) in [6.45, 7) is 0. The number of alkyl halides is 1. The Bertz CT molecular complexity index is 328. The summed E-state index contributed by atoms with van der Waals surface area (Å²) in [4.78, 5) is 16.7. The van der Waals surface area contributed by atoms with E-state index in [1.165, 1.54) is 4.90 Å². The normalized spacial score (nSPS) is 9.64. The van der Waals surface area contributed by atoms with Gasteiger partial charge in [-0.1, -0.05) is 0 Å². The maximum Gasteiger partial charge on any atom is 0.322 e. The Morgan fingerprint density at radius 2 is 2.36 bits per heavy atom. The summed E-state index contributed by atoms with van der Waals surface area (Å²) in [5.41, 5.74) is 0.927. The fraction of sp³-hybridized carbons (Fsp3) is 0.333. The average Bonchev–Trinajstić information content (AvgIpc) is 2.18. The van der Waals surface area contributed by atoms with Crippen LogP contribution in [0.4, 0.5) is 10.6 Å². The van der Waals surface area contributed by atoms with E-state index in [1.807, 2.05) is 0 Å². The quantitative estimate of drug-likeness (QED) is 0.763. The number of carbonyl (C=O) groups excluding carboxylic acids is 1. The number of nitrogens with zero attached hydrogens (tertiary/aromatic N) is 2. The van der Waals surface area contributed by atoms with Crippen molar-refractivity contribution in [1.29, 1.82) is 0 Å². The summed E-state index contributed by atoms with van der Waals surface area (Å²) < 4.78 is 0. The predicted molar refractivity (Wildman–Crippen MR) is 56.5 cm³/mol. The zero-order valence-electron chi connectivity index (χ0n) is 8.12. The van der Waals surface area contributed by atoms with Crippen LogP contribution in [0.1, 0.15) is 5.56 Å². The van der Waals surface area contributed by atoms with Gasteiger partial charge in [0.2, 0.25) is 0 Å². The van der Waals surface area contributed by atoms with Crippen molar-refractivity contribution in [2.45, 2.75) is 5.88 Å². The van der Waals surface area contributed by atoms with Gasteiger partial charge in [0.15, 0.2) is 0 Å². The minimum absolute atomic E-state index is 0.204. The number of rotatable bonds is 2. The molecule has 1 heterocycles. The van der Waals surface area contributed by atoms with Crippen molar-refractivity contribution in [1.82, 2.24) is 9.88 Å². The van der Waals surface area contributed by atoms with E-state index in [-0.39, 0.29) is 6.03 Å². The van der Waals surface area contributed by atoms with Crippen molar-refractivity contribution in [2.24, 2.45) is 0 Å². The Balaban J connectivity index is 2.72. The number of nitrogens with one attached hydrogen (secondary N) is 1. The zero-order chi connectivity index (χ0) is 10.6. The summed E-state index contributed by atoms with van der Waals surface area (Å²) in [6, 6.07) is 3.34. The number of anilines is 1. The standard InChI is InChI=1S/C9H12ClN3O/c1-13(2)9(14)12-8-5-7(6-10)3-4-11-8/h3-5H,6H2,1-2H3,(H,11,12,14). The van der Waals surface area contributed by atoms with E-state index in [1.54, 1.807) is 32.4 Å². The molecule has 5 heteroatoms. The molecule has 0 bridgehead atoms. The Morgan fingerprint density at radius 1 is 1.64 bits per heavy atom. The molecule has 1 aromatic heterocycles. The molecule has 2 amide bonds. The lowest BCUT2D eigenvalue weighted by Gasteiger charge is -2.11. The molecule has 0 atom stereocenters. The van der Waals surface area contributed by atoms with Crippen LogP contribution in [0.3, 0.4) is 0 Å². The largest absolute Gasteiger partial charge is 0.331 e. The van der Waals surface area contributed by atoms with Gasteiger partial charge in [-0.15, -0.1) is 11.6 Å². The molecule has 0 fully saturated rings. The fourth-order valence-corrected chi connectivity index (χ4v) is 1.01. The summed E-state index contributed by atoms with van der Waals surface area (Å²) in [7, 11) is 3.33. The minimum Gasteiger partial charge on any atom is -0.331 e. The molecular weight excluding hydrogens is 202 g/mol. The first-order valence-corrected chi connectivity index (χ1v) is 4.66. The molecule has 0 saturated carbocycles. The highest BCUT2D eigenvalue weighted by Crippen LogP contribution is 2.09. The second kappa shape index (κ2) is 4.81. The van der Waals surface area contributed by atoms with Gasteiger partial charge < -0.3 is 4.90 Å². The topological polar surface area (TPSA) is 45.2 Å². The van der Waals surface area contributed by atoms with E-state index in [9.17, 15) is 4.79 Å². The van der Waals surface area contributed by atoms with Crippen LogP contribution in [0.2, 0.25) is 0 Å². The van der Waals surface area contributed by atoms with Crippen LogP contribution in [-0.2, 0) is 5.88 Å². The molecule has 0 spiro atoms. The van der Waals surface area contributed by atoms with E-state index in [4.69, 9.17) is 11.6 Å². The maximum atomic E-state index is 11.3. The molecule has 1 rings (SSSR count). The van der Waals surface area contributed by atoms with Crippen LogP contribution < -0.4 is 5.32 Å². The molecule has 1 aromatic rings. The van der Waals surface area contributed by atoms with Gasteiger partial charge in [0.25, 0.3) is 0 Å². The number of aromatic nitrogens is 1. The van der Waals surface area contributed by atoms with Crippen LogP contribution in [0.15, 0.2) is 18.3 Å². The smallest absolute Gasteiger partial charge is 0.322 e. The van der Waals surface area contributed by atoms with Gasteiger partial charge in [0.1, 0.15) is 5.82 Å². The highest BCUT2D eigenvalue weighted by Gasteiger charge is 2.04. The maximum absolute atomic E-state index is 11.3. The zero-order valence-corrected chi connectivity index (χ0v) is 8.88. The third kappa shape index (κ3) is 2.88. The number of urea groups is 1. The summed E-state index contributed by atoms with van der Waals surface area (Å²) >= 11 is 5.65. The van der Waals surface area contributed by atoms with Gasteiger partial charge in [-0.3, -0.25) is 5.32 Å². The lowest BCUT2D eigenvalue weighted by molar-refractivity contribution is 0.230. The van der Waals surface area contributed by atoms with E-state index in [2.05, 4.69) is 10.3 Å². The van der Waals surface area contributed by atoms with E-state index < -0.39 is 0 Å². The molecule has 1 N–H and O–H groups in total. The first kappa shape index (κ1) is 10.8. The molecule has 0 aliphatic carbocycles.